The standard InChI is InChI=1S/C11H8N2O3/c12-10(14)9-8-5-7(11(15)16)2-1-6(8)3-4-13-9/h1-5H,(H2,12,14)(H,15,16). The highest BCUT2D eigenvalue weighted by Gasteiger charge is 2.10. The number of pyridine rings is 1. The van der Waals surface area contributed by atoms with Crippen LogP contribution in [0, 0.1) is 0 Å². The Morgan fingerprint density at radius 1 is 1.25 bits per heavy atom. The summed E-state index contributed by atoms with van der Waals surface area (Å²) in [4.78, 5) is 25.7. The smallest absolute Gasteiger partial charge is 0.335 e. The zero-order valence-corrected chi connectivity index (χ0v) is 8.18. The average molecular weight is 216 g/mol. The van der Waals surface area contributed by atoms with Crippen molar-refractivity contribution in [2.24, 2.45) is 5.73 Å². The molecule has 0 spiro atoms. The summed E-state index contributed by atoms with van der Waals surface area (Å²) in [5.74, 6) is -1.73. The lowest BCUT2D eigenvalue weighted by Gasteiger charge is -2.03. The molecule has 0 saturated carbocycles. The molecular formula is C11H8N2O3. The summed E-state index contributed by atoms with van der Waals surface area (Å²) in [6.07, 6.45) is 1.46. The monoisotopic (exact) mass is 216 g/mol. The molecule has 3 N–H and O–H groups in total. The lowest BCUT2D eigenvalue weighted by Crippen LogP contribution is -2.13. The van der Waals surface area contributed by atoms with E-state index >= 15 is 0 Å². The van der Waals surface area contributed by atoms with Crippen LogP contribution in [0.3, 0.4) is 0 Å². The largest absolute Gasteiger partial charge is 0.478 e. The predicted octanol–water partition coefficient (Wildman–Crippen LogP) is 1.03. The summed E-state index contributed by atoms with van der Waals surface area (Å²) in [6, 6.07) is 6.17. The number of carbonyl (C=O) groups excluding carboxylic acids is 1. The number of aromatic nitrogens is 1. The van der Waals surface area contributed by atoms with Crippen LogP contribution in [-0.2, 0) is 0 Å². The van der Waals surface area contributed by atoms with Crippen LogP contribution in [0.15, 0.2) is 30.5 Å². The molecule has 0 saturated heterocycles. The third-order valence-electron chi connectivity index (χ3n) is 2.25. The number of primary amides is 1. The highest BCUT2D eigenvalue weighted by Crippen LogP contribution is 2.18. The Morgan fingerprint density at radius 2 is 2.00 bits per heavy atom. The Labute approximate surface area is 90.5 Å². The van der Waals surface area contributed by atoms with Crippen LogP contribution in [-0.4, -0.2) is 22.0 Å². The molecule has 1 aromatic carbocycles. The molecule has 0 bridgehead atoms. The minimum absolute atomic E-state index is 0.0839. The highest BCUT2D eigenvalue weighted by atomic mass is 16.4. The summed E-state index contributed by atoms with van der Waals surface area (Å²) in [7, 11) is 0. The second-order valence-corrected chi connectivity index (χ2v) is 3.26. The first-order chi connectivity index (χ1) is 7.59. The number of carboxylic acids is 1. The van der Waals surface area contributed by atoms with Gasteiger partial charge in [0.05, 0.1) is 5.56 Å². The van der Waals surface area contributed by atoms with Crippen molar-refractivity contribution >= 4 is 22.6 Å². The van der Waals surface area contributed by atoms with Gasteiger partial charge >= 0.3 is 5.97 Å². The van der Waals surface area contributed by atoms with Gasteiger partial charge in [0.2, 0.25) is 0 Å². The van der Waals surface area contributed by atoms with E-state index in [0.29, 0.717) is 5.39 Å². The third-order valence-corrected chi connectivity index (χ3v) is 2.25. The van der Waals surface area contributed by atoms with Gasteiger partial charge in [-0.15, -0.1) is 0 Å². The van der Waals surface area contributed by atoms with Crippen LogP contribution in [0.5, 0.6) is 0 Å². The summed E-state index contributed by atoms with van der Waals surface area (Å²) < 4.78 is 0. The van der Waals surface area contributed by atoms with Crippen molar-refractivity contribution in [1.29, 1.82) is 0 Å². The molecule has 0 unspecified atom stereocenters. The van der Waals surface area contributed by atoms with Crippen LogP contribution in [0.4, 0.5) is 0 Å². The first-order valence-electron chi connectivity index (χ1n) is 4.51. The van der Waals surface area contributed by atoms with Gasteiger partial charge in [-0.05, 0) is 23.6 Å². The van der Waals surface area contributed by atoms with E-state index in [-0.39, 0.29) is 11.3 Å². The van der Waals surface area contributed by atoms with Crippen LogP contribution >= 0.6 is 0 Å². The Morgan fingerprint density at radius 3 is 2.62 bits per heavy atom. The second-order valence-electron chi connectivity index (χ2n) is 3.26. The van der Waals surface area contributed by atoms with Crippen LogP contribution in [0.2, 0.25) is 0 Å². The molecule has 2 rings (SSSR count). The molecule has 0 aliphatic heterocycles. The number of rotatable bonds is 2. The van der Waals surface area contributed by atoms with Crippen molar-refractivity contribution < 1.29 is 14.7 Å². The maximum Gasteiger partial charge on any atom is 0.335 e. The van der Waals surface area contributed by atoms with Crippen molar-refractivity contribution in [2.45, 2.75) is 0 Å². The van der Waals surface area contributed by atoms with E-state index in [2.05, 4.69) is 4.98 Å². The maximum absolute atomic E-state index is 11.1. The molecule has 2 aromatic rings. The van der Waals surface area contributed by atoms with Gasteiger partial charge in [0.15, 0.2) is 0 Å². The maximum atomic E-state index is 11.1. The minimum atomic E-state index is -1.05. The summed E-state index contributed by atoms with van der Waals surface area (Å²) in [5, 5.41) is 10.0. The molecule has 5 heteroatoms. The average Bonchev–Trinajstić information content (AvgIpc) is 2.27. The number of amides is 1. The van der Waals surface area contributed by atoms with Gasteiger partial charge in [0.1, 0.15) is 5.69 Å². The number of hydrogen-bond donors (Lipinski definition) is 2. The molecule has 1 aromatic heterocycles. The topological polar surface area (TPSA) is 93.3 Å². The normalized spacial score (nSPS) is 10.2. The number of benzene rings is 1. The van der Waals surface area contributed by atoms with E-state index in [9.17, 15) is 9.59 Å². The summed E-state index contributed by atoms with van der Waals surface area (Å²) >= 11 is 0. The first kappa shape index (κ1) is 10.1. The van der Waals surface area contributed by atoms with Gasteiger partial charge in [0.25, 0.3) is 5.91 Å². The van der Waals surface area contributed by atoms with Gasteiger partial charge < -0.3 is 10.8 Å². The molecule has 1 heterocycles. The van der Waals surface area contributed by atoms with Gasteiger partial charge in [-0.1, -0.05) is 6.07 Å². The number of hydrogen-bond acceptors (Lipinski definition) is 3. The molecule has 5 nitrogen and oxygen atoms in total. The van der Waals surface area contributed by atoms with Crippen LogP contribution in [0.1, 0.15) is 20.8 Å². The molecule has 16 heavy (non-hydrogen) atoms. The molecule has 0 aliphatic rings. The lowest BCUT2D eigenvalue weighted by atomic mass is 10.1. The van der Waals surface area contributed by atoms with Crippen molar-refractivity contribution in [3.05, 3.63) is 41.7 Å². The predicted molar refractivity (Wildman–Crippen MR) is 57.2 cm³/mol. The fourth-order valence-electron chi connectivity index (χ4n) is 1.50. The lowest BCUT2D eigenvalue weighted by molar-refractivity contribution is 0.0696. The van der Waals surface area contributed by atoms with E-state index in [0.717, 1.165) is 5.39 Å². The van der Waals surface area contributed by atoms with Crippen molar-refractivity contribution in [3.63, 3.8) is 0 Å². The third kappa shape index (κ3) is 1.58. The van der Waals surface area contributed by atoms with Gasteiger partial charge in [-0.25, -0.2) is 4.79 Å². The Kier molecular flexibility index (Phi) is 2.28. The molecular weight excluding hydrogens is 208 g/mol. The molecule has 1 amide bonds. The van der Waals surface area contributed by atoms with Crippen LogP contribution in [0.25, 0.3) is 10.8 Å². The van der Waals surface area contributed by atoms with E-state index in [1.165, 1.54) is 18.3 Å². The van der Waals surface area contributed by atoms with Gasteiger partial charge in [-0.3, -0.25) is 9.78 Å². The number of carbonyl (C=O) groups is 2. The zero-order chi connectivity index (χ0) is 11.7. The number of nitrogens with two attached hydrogens (primary N) is 1. The zero-order valence-electron chi connectivity index (χ0n) is 8.18. The molecule has 0 aliphatic carbocycles. The summed E-state index contributed by atoms with van der Waals surface area (Å²) in [6.45, 7) is 0. The Hall–Kier alpha value is -2.43. The number of carboxylic acid groups (broad SMARTS) is 1. The Bertz CT molecular complexity index is 593. The molecule has 0 radical (unpaired) electrons. The van der Waals surface area contributed by atoms with Crippen molar-refractivity contribution in [1.82, 2.24) is 4.98 Å². The molecule has 80 valence electrons. The van der Waals surface area contributed by atoms with Crippen LogP contribution < -0.4 is 5.73 Å². The van der Waals surface area contributed by atoms with E-state index < -0.39 is 11.9 Å². The van der Waals surface area contributed by atoms with Crippen molar-refractivity contribution in [2.75, 3.05) is 0 Å². The SMILES string of the molecule is NC(=O)c1nccc2ccc(C(=O)O)cc12. The highest BCUT2D eigenvalue weighted by molar-refractivity contribution is 6.06. The molecule has 0 atom stereocenters. The number of nitrogens with zero attached hydrogens (tertiary/aromatic N) is 1. The fourth-order valence-corrected chi connectivity index (χ4v) is 1.50. The van der Waals surface area contributed by atoms with E-state index in [1.807, 2.05) is 0 Å². The van der Waals surface area contributed by atoms with Gasteiger partial charge in [-0.2, -0.15) is 0 Å². The Balaban J connectivity index is 2.78. The van der Waals surface area contributed by atoms with Gasteiger partial charge in [0, 0.05) is 11.6 Å². The quantitative estimate of drug-likeness (QED) is 0.784. The van der Waals surface area contributed by atoms with E-state index in [1.54, 1.807) is 12.1 Å². The number of aromatic carboxylic acids is 1. The summed E-state index contributed by atoms with van der Waals surface area (Å²) in [5.41, 5.74) is 5.34. The molecule has 0 fully saturated rings. The number of fused-ring (bicyclic) bond motifs is 1. The van der Waals surface area contributed by atoms with E-state index in [4.69, 9.17) is 10.8 Å². The minimum Gasteiger partial charge on any atom is -0.478 e. The van der Waals surface area contributed by atoms with Crippen molar-refractivity contribution in [3.8, 4) is 0 Å². The second kappa shape index (κ2) is 3.62. The fraction of sp³-hybridized carbons (Fsp3) is 0. The first-order valence-corrected chi connectivity index (χ1v) is 4.51.